The van der Waals surface area contributed by atoms with Gasteiger partial charge in [-0.1, -0.05) is 6.07 Å². The lowest BCUT2D eigenvalue weighted by Gasteiger charge is -2.03. The molecule has 0 aliphatic rings. The number of nitrogens with zero attached hydrogens (tertiary/aromatic N) is 1. The number of carbonyl (C=O) groups is 1. The first-order chi connectivity index (χ1) is 9.08. The van der Waals surface area contributed by atoms with Crippen molar-refractivity contribution in [3.05, 3.63) is 50.5 Å². The van der Waals surface area contributed by atoms with Gasteiger partial charge in [-0.15, -0.1) is 11.3 Å². The van der Waals surface area contributed by atoms with E-state index in [1.54, 1.807) is 10.6 Å². The standard InChI is InChI=1S/C14H11NO2S2/c1-8-6-10-11(17-14(18)15(10)2)7-9(8)13(16)12-4-3-5-19-12/h3-7H,1-2H3. The fraction of sp³-hybridized carbons (Fsp3) is 0.143. The molecular weight excluding hydrogens is 278 g/mol. The Labute approximate surface area is 119 Å². The van der Waals surface area contributed by atoms with Gasteiger partial charge in [-0.05, 0) is 48.3 Å². The van der Waals surface area contributed by atoms with Gasteiger partial charge >= 0.3 is 0 Å². The van der Waals surface area contributed by atoms with Crippen LogP contribution in [0.4, 0.5) is 0 Å². The summed E-state index contributed by atoms with van der Waals surface area (Å²) in [5.41, 5.74) is 3.15. The molecule has 96 valence electrons. The zero-order valence-corrected chi connectivity index (χ0v) is 12.1. The molecule has 1 aromatic carbocycles. The zero-order valence-electron chi connectivity index (χ0n) is 10.5. The number of carbonyl (C=O) groups excluding carboxylic acids is 1. The lowest BCUT2D eigenvalue weighted by molar-refractivity contribution is 0.104. The van der Waals surface area contributed by atoms with Gasteiger partial charge in [0.2, 0.25) is 5.78 Å². The molecule has 0 spiro atoms. The van der Waals surface area contributed by atoms with E-state index in [1.807, 2.05) is 37.6 Å². The van der Waals surface area contributed by atoms with Crippen molar-refractivity contribution in [1.29, 1.82) is 0 Å². The van der Waals surface area contributed by atoms with Gasteiger partial charge in [0, 0.05) is 12.6 Å². The Hall–Kier alpha value is -1.72. The SMILES string of the molecule is Cc1cc2c(cc1C(=O)c1cccs1)oc(=S)n2C. The van der Waals surface area contributed by atoms with Gasteiger partial charge in [0.25, 0.3) is 4.84 Å². The maximum absolute atomic E-state index is 12.4. The van der Waals surface area contributed by atoms with Crippen LogP contribution in [0.25, 0.3) is 11.1 Å². The fourth-order valence-corrected chi connectivity index (χ4v) is 2.93. The van der Waals surface area contributed by atoms with Crippen LogP contribution < -0.4 is 0 Å². The topological polar surface area (TPSA) is 35.1 Å². The van der Waals surface area contributed by atoms with E-state index in [0.29, 0.717) is 16.0 Å². The maximum Gasteiger partial charge on any atom is 0.269 e. The summed E-state index contributed by atoms with van der Waals surface area (Å²) in [6.07, 6.45) is 0. The van der Waals surface area contributed by atoms with Crippen LogP contribution in [-0.2, 0) is 7.05 Å². The number of aryl methyl sites for hydroxylation is 2. The maximum atomic E-state index is 12.4. The predicted octanol–water partition coefficient (Wildman–Crippen LogP) is 4.10. The summed E-state index contributed by atoms with van der Waals surface area (Å²) in [4.78, 5) is 13.5. The average molecular weight is 289 g/mol. The molecule has 19 heavy (non-hydrogen) atoms. The van der Waals surface area contributed by atoms with Crippen LogP contribution in [-0.4, -0.2) is 10.4 Å². The van der Waals surface area contributed by atoms with E-state index >= 15 is 0 Å². The monoisotopic (exact) mass is 289 g/mol. The predicted molar refractivity (Wildman–Crippen MR) is 78.5 cm³/mol. The number of hydrogen-bond donors (Lipinski definition) is 0. The van der Waals surface area contributed by atoms with Gasteiger partial charge < -0.3 is 8.98 Å². The lowest BCUT2D eigenvalue weighted by Crippen LogP contribution is -2.01. The molecule has 0 N–H and O–H groups in total. The smallest absolute Gasteiger partial charge is 0.269 e. The Bertz CT molecular complexity index is 825. The molecule has 0 fully saturated rings. The second-order valence-corrected chi connectivity index (χ2v) is 5.67. The molecule has 0 aliphatic carbocycles. The normalized spacial score (nSPS) is 11.1. The molecule has 2 aromatic heterocycles. The largest absolute Gasteiger partial charge is 0.429 e. The van der Waals surface area contributed by atoms with Crippen molar-refractivity contribution in [3.63, 3.8) is 0 Å². The third kappa shape index (κ3) is 1.95. The van der Waals surface area contributed by atoms with Crippen molar-refractivity contribution in [1.82, 2.24) is 4.57 Å². The van der Waals surface area contributed by atoms with Crippen LogP contribution in [0.1, 0.15) is 20.8 Å². The molecule has 5 heteroatoms. The van der Waals surface area contributed by atoms with Crippen LogP contribution in [0.5, 0.6) is 0 Å². The first-order valence-electron chi connectivity index (χ1n) is 5.76. The molecule has 0 aliphatic heterocycles. The number of aromatic nitrogens is 1. The molecule has 0 saturated heterocycles. The third-order valence-corrected chi connectivity index (χ3v) is 4.35. The summed E-state index contributed by atoms with van der Waals surface area (Å²) in [5, 5.41) is 1.90. The van der Waals surface area contributed by atoms with E-state index in [2.05, 4.69) is 0 Å². The molecule has 0 amide bonds. The van der Waals surface area contributed by atoms with Gasteiger partial charge in [0.1, 0.15) is 0 Å². The van der Waals surface area contributed by atoms with Crippen molar-refractivity contribution in [3.8, 4) is 0 Å². The van der Waals surface area contributed by atoms with Gasteiger partial charge in [-0.2, -0.15) is 0 Å². The quantitative estimate of drug-likeness (QED) is 0.526. The summed E-state index contributed by atoms with van der Waals surface area (Å²) in [6.45, 7) is 1.93. The fourth-order valence-electron chi connectivity index (χ4n) is 2.06. The summed E-state index contributed by atoms with van der Waals surface area (Å²) in [7, 11) is 1.86. The van der Waals surface area contributed by atoms with Gasteiger partial charge in [0.15, 0.2) is 5.58 Å². The van der Waals surface area contributed by atoms with E-state index in [1.165, 1.54) is 11.3 Å². The summed E-state index contributed by atoms with van der Waals surface area (Å²) in [6, 6.07) is 7.43. The van der Waals surface area contributed by atoms with Crippen molar-refractivity contribution >= 4 is 40.4 Å². The number of rotatable bonds is 2. The minimum absolute atomic E-state index is 0.0272. The number of oxazole rings is 1. The molecule has 3 aromatic rings. The number of benzene rings is 1. The number of hydrogen-bond acceptors (Lipinski definition) is 4. The third-order valence-electron chi connectivity index (χ3n) is 3.13. The van der Waals surface area contributed by atoms with Crippen LogP contribution in [0.2, 0.25) is 0 Å². The highest BCUT2D eigenvalue weighted by atomic mass is 32.1. The Morgan fingerprint density at radius 1 is 1.42 bits per heavy atom. The molecule has 3 nitrogen and oxygen atoms in total. The highest BCUT2D eigenvalue weighted by Crippen LogP contribution is 2.24. The van der Waals surface area contributed by atoms with E-state index < -0.39 is 0 Å². The highest BCUT2D eigenvalue weighted by Gasteiger charge is 2.16. The van der Waals surface area contributed by atoms with Crippen molar-refractivity contribution in [2.75, 3.05) is 0 Å². The first kappa shape index (κ1) is 12.3. The highest BCUT2D eigenvalue weighted by molar-refractivity contribution is 7.71. The number of ketones is 1. The van der Waals surface area contributed by atoms with Crippen LogP contribution >= 0.6 is 23.6 Å². The molecule has 0 unspecified atom stereocenters. The lowest BCUT2D eigenvalue weighted by atomic mass is 10.0. The molecule has 2 heterocycles. The van der Waals surface area contributed by atoms with Crippen LogP contribution in [0.3, 0.4) is 0 Å². The first-order valence-corrected chi connectivity index (χ1v) is 7.05. The Kier molecular flexibility index (Phi) is 2.88. The number of fused-ring (bicyclic) bond motifs is 1. The van der Waals surface area contributed by atoms with Crippen molar-refractivity contribution < 1.29 is 9.21 Å². The molecule has 0 radical (unpaired) electrons. The van der Waals surface area contributed by atoms with E-state index in [-0.39, 0.29) is 5.78 Å². The molecule has 0 bridgehead atoms. The van der Waals surface area contributed by atoms with E-state index in [0.717, 1.165) is 16.0 Å². The minimum Gasteiger partial charge on any atom is -0.429 e. The van der Waals surface area contributed by atoms with Crippen LogP contribution in [0.15, 0.2) is 34.1 Å². The minimum atomic E-state index is 0.0272. The molecule has 0 saturated carbocycles. The average Bonchev–Trinajstić information content (AvgIpc) is 3.00. The van der Waals surface area contributed by atoms with E-state index in [4.69, 9.17) is 16.6 Å². The number of thiophene rings is 1. The zero-order chi connectivity index (χ0) is 13.6. The second kappa shape index (κ2) is 4.43. The summed E-state index contributed by atoms with van der Waals surface area (Å²) < 4.78 is 7.29. The Morgan fingerprint density at radius 2 is 2.21 bits per heavy atom. The van der Waals surface area contributed by atoms with Gasteiger partial charge in [-0.25, -0.2) is 0 Å². The molecular formula is C14H11NO2S2. The van der Waals surface area contributed by atoms with Gasteiger partial charge in [0.05, 0.1) is 10.4 Å². The van der Waals surface area contributed by atoms with Crippen LogP contribution in [0, 0.1) is 11.8 Å². The van der Waals surface area contributed by atoms with E-state index in [9.17, 15) is 4.79 Å². The van der Waals surface area contributed by atoms with Gasteiger partial charge in [-0.3, -0.25) is 4.79 Å². The molecule has 3 rings (SSSR count). The Balaban J connectivity index is 2.22. The van der Waals surface area contributed by atoms with Crippen molar-refractivity contribution in [2.24, 2.45) is 7.05 Å². The Morgan fingerprint density at radius 3 is 2.89 bits per heavy atom. The summed E-state index contributed by atoms with van der Waals surface area (Å²) in [5.74, 6) is 0.0272. The summed E-state index contributed by atoms with van der Waals surface area (Å²) >= 11 is 6.54. The van der Waals surface area contributed by atoms with Crippen molar-refractivity contribution in [2.45, 2.75) is 6.92 Å². The second-order valence-electron chi connectivity index (χ2n) is 4.37. The molecule has 0 atom stereocenters.